The summed E-state index contributed by atoms with van der Waals surface area (Å²) < 4.78 is 43.1. The predicted molar refractivity (Wildman–Crippen MR) is 87.6 cm³/mol. The second kappa shape index (κ2) is 5.41. The molecule has 3 aromatic heterocycles. The second-order valence-electron chi connectivity index (χ2n) is 6.00. The predicted octanol–water partition coefficient (Wildman–Crippen LogP) is 2.08. The van der Waals surface area contributed by atoms with Crippen LogP contribution in [-0.4, -0.2) is 28.9 Å². The molecule has 0 saturated carbocycles. The molecule has 0 amide bonds. The number of benzene rings is 1. The molecule has 0 unspecified atom stereocenters. The Morgan fingerprint density at radius 2 is 1.92 bits per heavy atom. The average Bonchev–Trinajstić information content (AvgIpc) is 3.10. The minimum absolute atomic E-state index is 0.0743. The molecule has 0 bridgehead atoms. The van der Waals surface area contributed by atoms with Crippen LogP contribution in [0.15, 0.2) is 35.5 Å². The molecule has 0 fully saturated rings. The summed E-state index contributed by atoms with van der Waals surface area (Å²) in [5.74, 6) is 0.443. The van der Waals surface area contributed by atoms with Gasteiger partial charge < -0.3 is 4.57 Å². The van der Waals surface area contributed by atoms with Crippen LogP contribution < -0.4 is 5.56 Å². The van der Waals surface area contributed by atoms with Crippen LogP contribution >= 0.6 is 0 Å². The molecule has 10 heteroatoms. The summed E-state index contributed by atoms with van der Waals surface area (Å²) in [5.41, 5.74) is 0.383. The van der Waals surface area contributed by atoms with Gasteiger partial charge in [0, 0.05) is 14.1 Å². The number of aryl methyl sites for hydroxylation is 2. The summed E-state index contributed by atoms with van der Waals surface area (Å²) in [6, 6.07) is 3.39. The Kier molecular flexibility index (Phi) is 3.40. The van der Waals surface area contributed by atoms with E-state index in [1.807, 2.05) is 0 Å². The minimum Gasteiger partial charge on any atom is -0.330 e. The zero-order chi connectivity index (χ0) is 18.6. The number of aromatic nitrogens is 6. The van der Waals surface area contributed by atoms with Gasteiger partial charge in [0.1, 0.15) is 11.3 Å². The molecule has 0 aliphatic heterocycles. The molecule has 1 aromatic carbocycles. The SMILES string of the molecule is Cn1cc2ncn(Cc3nc4cc(C(F)(F)F)ccc4n3C)c(=O)c2n1. The lowest BCUT2D eigenvalue weighted by Gasteiger charge is -2.06. The van der Waals surface area contributed by atoms with Crippen molar-refractivity contribution in [2.24, 2.45) is 14.1 Å². The maximum Gasteiger partial charge on any atom is 0.416 e. The van der Waals surface area contributed by atoms with E-state index >= 15 is 0 Å². The summed E-state index contributed by atoms with van der Waals surface area (Å²) in [6.45, 7) is 0.0743. The maximum absolute atomic E-state index is 12.9. The molecule has 0 aliphatic carbocycles. The number of imidazole rings is 1. The first kappa shape index (κ1) is 16.3. The summed E-state index contributed by atoms with van der Waals surface area (Å²) in [7, 11) is 3.38. The Morgan fingerprint density at radius 1 is 1.15 bits per heavy atom. The van der Waals surface area contributed by atoms with Crippen molar-refractivity contribution >= 4 is 22.1 Å². The number of hydrogen-bond donors (Lipinski definition) is 0. The van der Waals surface area contributed by atoms with E-state index in [1.54, 1.807) is 24.9 Å². The highest BCUT2D eigenvalue weighted by molar-refractivity contribution is 5.77. The van der Waals surface area contributed by atoms with Gasteiger partial charge in [0.05, 0.1) is 35.7 Å². The van der Waals surface area contributed by atoms with E-state index in [2.05, 4.69) is 15.1 Å². The van der Waals surface area contributed by atoms with E-state index in [0.29, 0.717) is 16.9 Å². The molecule has 4 rings (SSSR count). The van der Waals surface area contributed by atoms with E-state index in [-0.39, 0.29) is 23.1 Å². The van der Waals surface area contributed by atoms with Crippen molar-refractivity contribution in [3.05, 3.63) is 52.5 Å². The molecule has 0 aliphatic rings. The number of hydrogen-bond acceptors (Lipinski definition) is 4. The van der Waals surface area contributed by atoms with Gasteiger partial charge in [0.15, 0.2) is 5.52 Å². The van der Waals surface area contributed by atoms with E-state index in [9.17, 15) is 18.0 Å². The van der Waals surface area contributed by atoms with Crippen molar-refractivity contribution in [3.8, 4) is 0 Å². The van der Waals surface area contributed by atoms with Crippen molar-refractivity contribution < 1.29 is 13.2 Å². The standard InChI is InChI=1S/C16H13F3N6O/c1-23-6-11-14(22-23)15(26)25(8-20-11)7-13-21-10-5-9(16(17,18)19)3-4-12(10)24(13)2/h3-6,8H,7H2,1-2H3. The summed E-state index contributed by atoms with van der Waals surface area (Å²) in [6.07, 6.45) is -1.42. The number of rotatable bonds is 2. The molecular weight excluding hydrogens is 349 g/mol. The van der Waals surface area contributed by atoms with Crippen molar-refractivity contribution in [1.82, 2.24) is 28.9 Å². The Labute approximate surface area is 144 Å². The van der Waals surface area contributed by atoms with Crippen LogP contribution in [0.1, 0.15) is 11.4 Å². The van der Waals surface area contributed by atoms with E-state index in [0.717, 1.165) is 12.1 Å². The van der Waals surface area contributed by atoms with Crippen molar-refractivity contribution in [2.75, 3.05) is 0 Å². The fourth-order valence-corrected chi connectivity index (χ4v) is 2.88. The fourth-order valence-electron chi connectivity index (χ4n) is 2.88. The Morgan fingerprint density at radius 3 is 2.65 bits per heavy atom. The molecule has 0 radical (unpaired) electrons. The largest absolute Gasteiger partial charge is 0.416 e. The Bertz CT molecular complexity index is 1200. The molecule has 3 heterocycles. The second-order valence-corrected chi connectivity index (χ2v) is 6.00. The summed E-state index contributed by atoms with van der Waals surface area (Å²) in [4.78, 5) is 21.0. The fraction of sp³-hybridized carbons (Fsp3) is 0.250. The van der Waals surface area contributed by atoms with Gasteiger partial charge in [0.2, 0.25) is 0 Å². The van der Waals surface area contributed by atoms with Crippen LogP contribution in [0.25, 0.3) is 22.1 Å². The lowest BCUT2D eigenvalue weighted by atomic mass is 10.2. The van der Waals surface area contributed by atoms with Crippen molar-refractivity contribution in [1.29, 1.82) is 0 Å². The third-order valence-electron chi connectivity index (χ3n) is 4.22. The van der Waals surface area contributed by atoms with Crippen LogP contribution in [0.4, 0.5) is 13.2 Å². The number of halogens is 3. The lowest BCUT2D eigenvalue weighted by Crippen LogP contribution is -2.22. The third-order valence-corrected chi connectivity index (χ3v) is 4.22. The molecule has 7 nitrogen and oxygen atoms in total. The highest BCUT2D eigenvalue weighted by Gasteiger charge is 2.31. The van der Waals surface area contributed by atoms with Gasteiger partial charge >= 0.3 is 6.18 Å². The van der Waals surface area contributed by atoms with Gasteiger partial charge in [-0.1, -0.05) is 0 Å². The maximum atomic E-state index is 12.9. The van der Waals surface area contributed by atoms with E-state index in [4.69, 9.17) is 0 Å². The molecule has 0 spiro atoms. The van der Waals surface area contributed by atoms with Crippen LogP contribution in [0, 0.1) is 0 Å². The lowest BCUT2D eigenvalue weighted by molar-refractivity contribution is -0.137. The monoisotopic (exact) mass is 362 g/mol. The topological polar surface area (TPSA) is 70.5 Å². The third kappa shape index (κ3) is 2.54. The zero-order valence-electron chi connectivity index (χ0n) is 13.8. The number of fused-ring (bicyclic) bond motifs is 2. The van der Waals surface area contributed by atoms with Gasteiger partial charge in [0.25, 0.3) is 5.56 Å². The minimum atomic E-state index is -4.43. The van der Waals surface area contributed by atoms with Crippen LogP contribution in [0.2, 0.25) is 0 Å². The first-order chi connectivity index (χ1) is 12.2. The van der Waals surface area contributed by atoms with Gasteiger partial charge in [-0.05, 0) is 18.2 Å². The average molecular weight is 362 g/mol. The first-order valence-corrected chi connectivity index (χ1v) is 7.65. The molecule has 0 N–H and O–H groups in total. The van der Waals surface area contributed by atoms with Crippen LogP contribution in [-0.2, 0) is 26.8 Å². The Hall–Kier alpha value is -3.17. The highest BCUT2D eigenvalue weighted by atomic mass is 19.4. The van der Waals surface area contributed by atoms with E-state index < -0.39 is 11.7 Å². The van der Waals surface area contributed by atoms with Gasteiger partial charge in [-0.25, -0.2) is 9.97 Å². The number of alkyl halides is 3. The first-order valence-electron chi connectivity index (χ1n) is 7.65. The normalized spacial score (nSPS) is 12.3. The zero-order valence-corrected chi connectivity index (χ0v) is 13.8. The smallest absolute Gasteiger partial charge is 0.330 e. The summed E-state index contributed by atoms with van der Waals surface area (Å²) in [5, 5.41) is 4.09. The highest BCUT2D eigenvalue weighted by Crippen LogP contribution is 2.31. The van der Waals surface area contributed by atoms with Gasteiger partial charge in [-0.3, -0.25) is 14.0 Å². The van der Waals surface area contributed by atoms with Crippen molar-refractivity contribution in [2.45, 2.75) is 12.7 Å². The summed E-state index contributed by atoms with van der Waals surface area (Å²) >= 11 is 0. The van der Waals surface area contributed by atoms with E-state index in [1.165, 1.54) is 21.6 Å². The van der Waals surface area contributed by atoms with Gasteiger partial charge in [-0.2, -0.15) is 18.3 Å². The molecule has 26 heavy (non-hydrogen) atoms. The molecular formula is C16H13F3N6O. The van der Waals surface area contributed by atoms with Crippen LogP contribution in [0.5, 0.6) is 0 Å². The van der Waals surface area contributed by atoms with Crippen molar-refractivity contribution in [3.63, 3.8) is 0 Å². The number of nitrogens with zero attached hydrogens (tertiary/aromatic N) is 6. The van der Waals surface area contributed by atoms with Gasteiger partial charge in [-0.15, -0.1) is 0 Å². The molecule has 4 aromatic rings. The van der Waals surface area contributed by atoms with Crippen LogP contribution in [0.3, 0.4) is 0 Å². The molecule has 134 valence electrons. The molecule has 0 saturated heterocycles. The Balaban J connectivity index is 1.79. The quantitative estimate of drug-likeness (QED) is 0.547. The molecule has 0 atom stereocenters.